The number of rotatable bonds is 13. The van der Waals surface area contributed by atoms with Crippen LogP contribution in [-0.2, 0) is 19.2 Å². The first-order valence-corrected chi connectivity index (χ1v) is 6.78. The van der Waals surface area contributed by atoms with Crippen LogP contribution < -0.4 is 11.1 Å². The number of nitrogens with two attached hydrogens (primary N) is 1. The molecule has 11 heteroatoms. The van der Waals surface area contributed by atoms with Crippen molar-refractivity contribution in [1.29, 1.82) is 0 Å². The number of nitrogens with one attached hydrogen (secondary N) is 1. The van der Waals surface area contributed by atoms with Crippen LogP contribution in [0.1, 0.15) is 19.3 Å². The highest BCUT2D eigenvalue weighted by molar-refractivity contribution is 5.79. The standard InChI is InChI=1S/C12H21N3O8/c13-4-2-1-3-7(11(20)21)14-10(12(22)23)15(5-8(16)17)6-9(18)19/h7,10,14H,1-6,13H2,(H,16,17)(H,18,19)(H,20,21)(H,22,23)/t7-,10?/m0/s1. The first-order chi connectivity index (χ1) is 10.7. The predicted octanol–water partition coefficient (Wildman–Crippen LogP) is -1.96. The molecular formula is C12H21N3O8. The van der Waals surface area contributed by atoms with Crippen LogP contribution in [0.25, 0.3) is 0 Å². The van der Waals surface area contributed by atoms with Gasteiger partial charge in [0.25, 0.3) is 0 Å². The molecule has 0 saturated heterocycles. The minimum Gasteiger partial charge on any atom is -0.480 e. The fourth-order valence-corrected chi connectivity index (χ4v) is 1.88. The number of carboxylic acids is 4. The maximum absolute atomic E-state index is 11.3. The lowest BCUT2D eigenvalue weighted by atomic mass is 10.1. The molecule has 0 spiro atoms. The Morgan fingerprint density at radius 1 is 0.913 bits per heavy atom. The average molecular weight is 335 g/mol. The molecule has 7 N–H and O–H groups in total. The summed E-state index contributed by atoms with van der Waals surface area (Å²) >= 11 is 0. The third-order valence-corrected chi connectivity index (χ3v) is 2.88. The molecular weight excluding hydrogens is 314 g/mol. The van der Waals surface area contributed by atoms with Crippen LogP contribution in [0.4, 0.5) is 0 Å². The highest BCUT2D eigenvalue weighted by Crippen LogP contribution is 2.05. The van der Waals surface area contributed by atoms with Crippen LogP contribution in [-0.4, -0.2) is 81.0 Å². The van der Waals surface area contributed by atoms with Crippen molar-refractivity contribution in [2.75, 3.05) is 19.6 Å². The Balaban J connectivity index is 5.13. The normalized spacial score (nSPS) is 13.5. The minimum atomic E-state index is -1.76. The molecule has 0 aromatic rings. The number of aliphatic carboxylic acids is 4. The number of nitrogens with zero attached hydrogens (tertiary/aromatic N) is 1. The zero-order valence-electron chi connectivity index (χ0n) is 12.3. The molecule has 0 fully saturated rings. The van der Waals surface area contributed by atoms with Gasteiger partial charge in [-0.1, -0.05) is 6.42 Å². The van der Waals surface area contributed by atoms with Gasteiger partial charge in [0.05, 0.1) is 13.1 Å². The van der Waals surface area contributed by atoms with Gasteiger partial charge in [0.1, 0.15) is 6.04 Å². The molecule has 23 heavy (non-hydrogen) atoms. The van der Waals surface area contributed by atoms with E-state index in [9.17, 15) is 19.2 Å². The van der Waals surface area contributed by atoms with E-state index in [1.165, 1.54) is 0 Å². The van der Waals surface area contributed by atoms with E-state index >= 15 is 0 Å². The zero-order chi connectivity index (χ0) is 18.0. The van der Waals surface area contributed by atoms with Crippen molar-refractivity contribution in [1.82, 2.24) is 10.2 Å². The maximum Gasteiger partial charge on any atom is 0.335 e. The summed E-state index contributed by atoms with van der Waals surface area (Å²) < 4.78 is 0. The summed E-state index contributed by atoms with van der Waals surface area (Å²) in [6, 6.07) is -1.27. The number of unbranched alkanes of at least 4 members (excludes halogenated alkanes) is 1. The second-order valence-corrected chi connectivity index (χ2v) is 4.78. The van der Waals surface area contributed by atoms with Gasteiger partial charge in [-0.15, -0.1) is 0 Å². The SMILES string of the molecule is NCCCC[C@H](NC(C(=O)O)N(CC(=O)O)CC(=O)O)C(=O)O. The predicted molar refractivity (Wildman–Crippen MR) is 75.7 cm³/mol. The minimum absolute atomic E-state index is 0.0737. The van der Waals surface area contributed by atoms with Gasteiger partial charge >= 0.3 is 23.9 Å². The lowest BCUT2D eigenvalue weighted by Gasteiger charge is -2.29. The number of hydrogen-bond donors (Lipinski definition) is 6. The Morgan fingerprint density at radius 2 is 1.43 bits per heavy atom. The van der Waals surface area contributed by atoms with Crippen LogP contribution in [0.2, 0.25) is 0 Å². The average Bonchev–Trinajstić information content (AvgIpc) is 2.40. The molecule has 0 heterocycles. The van der Waals surface area contributed by atoms with E-state index in [0.717, 1.165) is 0 Å². The Morgan fingerprint density at radius 3 is 1.78 bits per heavy atom. The molecule has 2 atom stereocenters. The van der Waals surface area contributed by atoms with Crippen LogP contribution >= 0.6 is 0 Å². The lowest BCUT2D eigenvalue weighted by molar-refractivity contribution is -0.151. The second kappa shape index (κ2) is 10.5. The lowest BCUT2D eigenvalue weighted by Crippen LogP contribution is -2.58. The molecule has 0 rings (SSSR count). The first kappa shape index (κ1) is 20.8. The van der Waals surface area contributed by atoms with Gasteiger partial charge in [0.15, 0.2) is 6.17 Å². The van der Waals surface area contributed by atoms with Crippen molar-refractivity contribution in [2.45, 2.75) is 31.5 Å². The van der Waals surface area contributed by atoms with Crippen molar-refractivity contribution < 1.29 is 39.6 Å². The molecule has 0 aromatic carbocycles. The highest BCUT2D eigenvalue weighted by Gasteiger charge is 2.32. The number of carbonyl (C=O) groups is 4. The van der Waals surface area contributed by atoms with E-state index in [4.69, 9.17) is 26.2 Å². The molecule has 0 bridgehead atoms. The van der Waals surface area contributed by atoms with Gasteiger partial charge in [-0.25, -0.2) is 4.79 Å². The van der Waals surface area contributed by atoms with E-state index in [1.807, 2.05) is 0 Å². The van der Waals surface area contributed by atoms with Crippen LogP contribution in [0, 0.1) is 0 Å². The molecule has 11 nitrogen and oxygen atoms in total. The van der Waals surface area contributed by atoms with Gasteiger partial charge in [-0.05, 0) is 19.4 Å². The first-order valence-electron chi connectivity index (χ1n) is 6.78. The molecule has 132 valence electrons. The fraction of sp³-hybridized carbons (Fsp3) is 0.667. The van der Waals surface area contributed by atoms with Crippen LogP contribution in [0.3, 0.4) is 0 Å². The zero-order valence-corrected chi connectivity index (χ0v) is 12.3. The third kappa shape index (κ3) is 8.70. The Bertz CT molecular complexity index is 426. The monoisotopic (exact) mass is 335 g/mol. The van der Waals surface area contributed by atoms with E-state index in [-0.39, 0.29) is 6.42 Å². The van der Waals surface area contributed by atoms with Crippen molar-refractivity contribution in [2.24, 2.45) is 5.73 Å². The van der Waals surface area contributed by atoms with Gasteiger partial charge in [0, 0.05) is 0 Å². The second-order valence-electron chi connectivity index (χ2n) is 4.78. The third-order valence-electron chi connectivity index (χ3n) is 2.88. The van der Waals surface area contributed by atoms with E-state index in [0.29, 0.717) is 24.3 Å². The summed E-state index contributed by atoms with van der Waals surface area (Å²) in [4.78, 5) is 44.6. The summed E-state index contributed by atoms with van der Waals surface area (Å²) in [6.07, 6.45) is -0.729. The number of carboxylic acid groups (broad SMARTS) is 4. The molecule has 0 saturated carbocycles. The van der Waals surface area contributed by atoms with Crippen molar-refractivity contribution in [3.05, 3.63) is 0 Å². The van der Waals surface area contributed by atoms with E-state index in [2.05, 4.69) is 5.32 Å². The van der Waals surface area contributed by atoms with Crippen LogP contribution in [0.5, 0.6) is 0 Å². The molecule has 0 aliphatic carbocycles. The number of hydrogen-bond acceptors (Lipinski definition) is 7. The smallest absolute Gasteiger partial charge is 0.335 e. The summed E-state index contributed by atoms with van der Waals surface area (Å²) in [6.45, 7) is -1.39. The van der Waals surface area contributed by atoms with E-state index < -0.39 is 49.2 Å². The van der Waals surface area contributed by atoms with Crippen LogP contribution in [0.15, 0.2) is 0 Å². The molecule has 0 aliphatic heterocycles. The van der Waals surface area contributed by atoms with Crippen molar-refractivity contribution >= 4 is 23.9 Å². The summed E-state index contributed by atoms with van der Waals surface area (Å²) in [5.74, 6) is -5.76. The Hall–Kier alpha value is -2.24. The molecule has 0 aliphatic rings. The quantitative estimate of drug-likeness (QED) is 0.162. The van der Waals surface area contributed by atoms with Gasteiger partial charge in [-0.3, -0.25) is 24.6 Å². The maximum atomic E-state index is 11.3. The Labute approximate surface area is 131 Å². The molecule has 0 amide bonds. The molecule has 0 radical (unpaired) electrons. The highest BCUT2D eigenvalue weighted by atomic mass is 16.4. The van der Waals surface area contributed by atoms with Gasteiger partial charge in [-0.2, -0.15) is 0 Å². The summed E-state index contributed by atoms with van der Waals surface area (Å²) in [5.41, 5.74) is 5.30. The largest absolute Gasteiger partial charge is 0.480 e. The van der Waals surface area contributed by atoms with E-state index in [1.54, 1.807) is 0 Å². The summed E-state index contributed by atoms with van der Waals surface area (Å²) in [5, 5.41) is 38.1. The van der Waals surface area contributed by atoms with Crippen molar-refractivity contribution in [3.63, 3.8) is 0 Å². The summed E-state index contributed by atoms with van der Waals surface area (Å²) in [7, 11) is 0. The van der Waals surface area contributed by atoms with Gasteiger partial charge in [0.2, 0.25) is 0 Å². The van der Waals surface area contributed by atoms with Gasteiger partial charge < -0.3 is 26.2 Å². The molecule has 1 unspecified atom stereocenters. The molecule has 0 aromatic heterocycles. The fourth-order valence-electron chi connectivity index (χ4n) is 1.88. The Kier molecular flexibility index (Phi) is 9.46. The topological polar surface area (TPSA) is 190 Å². The van der Waals surface area contributed by atoms with Crippen molar-refractivity contribution in [3.8, 4) is 0 Å².